The zero-order valence-electron chi connectivity index (χ0n) is 10.3. The number of nitrogens with one attached hydrogen (secondary N) is 1. The van der Waals surface area contributed by atoms with Gasteiger partial charge in [0.1, 0.15) is 5.65 Å². The van der Waals surface area contributed by atoms with E-state index < -0.39 is 0 Å². The second-order valence-corrected chi connectivity index (χ2v) is 3.83. The van der Waals surface area contributed by atoms with Crippen LogP contribution < -0.4 is 11.1 Å². The molecule has 0 unspecified atom stereocenters. The molecule has 2 heterocycles. The number of aliphatic imine (C=N–C) groups is 1. The third-order valence-electron chi connectivity index (χ3n) is 2.38. The predicted octanol–water partition coefficient (Wildman–Crippen LogP) is 1.77. The Kier molecular flexibility index (Phi) is 5.90. The summed E-state index contributed by atoms with van der Waals surface area (Å²) in [5, 5.41) is 3.03. The van der Waals surface area contributed by atoms with E-state index in [-0.39, 0.29) is 24.0 Å². The lowest BCUT2D eigenvalue weighted by molar-refractivity contribution is 0.824. The van der Waals surface area contributed by atoms with Gasteiger partial charge in [-0.1, -0.05) is 13.0 Å². The van der Waals surface area contributed by atoms with Crippen LogP contribution in [0.4, 0.5) is 0 Å². The second kappa shape index (κ2) is 7.20. The summed E-state index contributed by atoms with van der Waals surface area (Å²) in [6, 6.07) is 5.90. The maximum absolute atomic E-state index is 5.71. The van der Waals surface area contributed by atoms with Crippen LogP contribution in [-0.2, 0) is 6.54 Å². The van der Waals surface area contributed by atoms with Gasteiger partial charge in [-0.25, -0.2) is 9.98 Å². The molecule has 0 aliphatic carbocycles. The Balaban J connectivity index is 0.00000162. The van der Waals surface area contributed by atoms with Gasteiger partial charge in [-0.15, -0.1) is 24.0 Å². The summed E-state index contributed by atoms with van der Waals surface area (Å²) in [5.41, 5.74) is 7.55. The molecule has 0 bridgehead atoms. The molecular formula is C12H18IN5. The number of nitrogens with zero attached hydrogens (tertiary/aromatic N) is 3. The van der Waals surface area contributed by atoms with Crippen LogP contribution >= 0.6 is 24.0 Å². The van der Waals surface area contributed by atoms with E-state index >= 15 is 0 Å². The minimum absolute atomic E-state index is 0. The Bertz CT molecular complexity index is 487. The van der Waals surface area contributed by atoms with Crippen LogP contribution in [0, 0.1) is 0 Å². The van der Waals surface area contributed by atoms with Gasteiger partial charge >= 0.3 is 0 Å². The van der Waals surface area contributed by atoms with Crippen molar-refractivity contribution in [1.29, 1.82) is 0 Å². The Morgan fingerprint density at radius 3 is 3.06 bits per heavy atom. The Labute approximate surface area is 124 Å². The normalized spacial score (nSPS) is 11.3. The number of rotatable bonds is 4. The molecule has 0 aliphatic heterocycles. The van der Waals surface area contributed by atoms with Gasteiger partial charge in [0.05, 0.1) is 12.2 Å². The fourth-order valence-corrected chi connectivity index (χ4v) is 1.54. The number of pyridine rings is 1. The van der Waals surface area contributed by atoms with Crippen LogP contribution in [-0.4, -0.2) is 21.9 Å². The molecule has 2 aromatic rings. The van der Waals surface area contributed by atoms with E-state index in [2.05, 4.69) is 22.2 Å². The summed E-state index contributed by atoms with van der Waals surface area (Å²) in [7, 11) is 0. The number of hydrogen-bond donors (Lipinski definition) is 2. The van der Waals surface area contributed by atoms with Gasteiger partial charge < -0.3 is 15.5 Å². The molecule has 98 valence electrons. The number of aromatic nitrogens is 2. The summed E-state index contributed by atoms with van der Waals surface area (Å²) in [4.78, 5) is 8.67. The molecule has 0 spiro atoms. The van der Waals surface area contributed by atoms with Crippen LogP contribution in [0.5, 0.6) is 0 Å². The van der Waals surface area contributed by atoms with E-state index in [1.807, 2.05) is 35.0 Å². The minimum atomic E-state index is 0. The highest BCUT2D eigenvalue weighted by Gasteiger charge is 1.99. The Morgan fingerprint density at radius 1 is 1.50 bits per heavy atom. The lowest BCUT2D eigenvalue weighted by Gasteiger charge is -2.01. The first-order valence-electron chi connectivity index (χ1n) is 5.76. The van der Waals surface area contributed by atoms with Crippen molar-refractivity contribution < 1.29 is 0 Å². The van der Waals surface area contributed by atoms with Gasteiger partial charge in [0.2, 0.25) is 0 Å². The maximum Gasteiger partial charge on any atom is 0.188 e. The third kappa shape index (κ3) is 3.86. The molecule has 0 radical (unpaired) electrons. The molecule has 0 atom stereocenters. The molecule has 0 amide bonds. The molecule has 0 aromatic carbocycles. The van der Waals surface area contributed by atoms with Crippen molar-refractivity contribution in [2.24, 2.45) is 10.7 Å². The molecule has 0 saturated carbocycles. The largest absolute Gasteiger partial charge is 0.370 e. The SMILES string of the molecule is CCCNC(N)=NCc1cn2ccccc2n1.I. The fraction of sp³-hybridized carbons (Fsp3) is 0.333. The molecule has 5 nitrogen and oxygen atoms in total. The van der Waals surface area contributed by atoms with Crippen LogP contribution in [0.2, 0.25) is 0 Å². The average Bonchev–Trinajstić information content (AvgIpc) is 2.76. The van der Waals surface area contributed by atoms with Crippen LogP contribution in [0.15, 0.2) is 35.6 Å². The van der Waals surface area contributed by atoms with Crippen molar-refractivity contribution in [3.8, 4) is 0 Å². The van der Waals surface area contributed by atoms with E-state index in [4.69, 9.17) is 5.73 Å². The average molecular weight is 359 g/mol. The molecule has 18 heavy (non-hydrogen) atoms. The van der Waals surface area contributed by atoms with Crippen LogP contribution in [0.25, 0.3) is 5.65 Å². The first-order chi connectivity index (χ1) is 8.29. The monoisotopic (exact) mass is 359 g/mol. The summed E-state index contributed by atoms with van der Waals surface area (Å²) in [5.74, 6) is 0.476. The Hall–Kier alpha value is -1.31. The zero-order valence-corrected chi connectivity index (χ0v) is 12.7. The highest BCUT2D eigenvalue weighted by molar-refractivity contribution is 14.0. The first-order valence-corrected chi connectivity index (χ1v) is 5.76. The smallest absolute Gasteiger partial charge is 0.188 e. The van der Waals surface area contributed by atoms with Crippen molar-refractivity contribution >= 4 is 35.6 Å². The zero-order chi connectivity index (χ0) is 12.1. The summed E-state index contributed by atoms with van der Waals surface area (Å²) >= 11 is 0. The highest BCUT2D eigenvalue weighted by Crippen LogP contribution is 2.05. The molecule has 0 saturated heterocycles. The van der Waals surface area contributed by atoms with Gasteiger partial charge in [-0.05, 0) is 18.6 Å². The molecule has 2 aromatic heterocycles. The second-order valence-electron chi connectivity index (χ2n) is 3.83. The van der Waals surface area contributed by atoms with Crippen molar-refractivity contribution in [3.05, 3.63) is 36.3 Å². The highest BCUT2D eigenvalue weighted by atomic mass is 127. The number of hydrogen-bond acceptors (Lipinski definition) is 2. The van der Waals surface area contributed by atoms with E-state index in [1.54, 1.807) is 0 Å². The van der Waals surface area contributed by atoms with E-state index in [1.165, 1.54) is 0 Å². The number of nitrogens with two attached hydrogens (primary N) is 1. The van der Waals surface area contributed by atoms with E-state index in [0.29, 0.717) is 12.5 Å². The molecule has 6 heteroatoms. The van der Waals surface area contributed by atoms with Gasteiger partial charge in [0.25, 0.3) is 0 Å². The predicted molar refractivity (Wildman–Crippen MR) is 84.2 cm³/mol. The van der Waals surface area contributed by atoms with Crippen molar-refractivity contribution in [3.63, 3.8) is 0 Å². The van der Waals surface area contributed by atoms with Gasteiger partial charge in [0.15, 0.2) is 5.96 Å². The molecular weight excluding hydrogens is 341 g/mol. The summed E-state index contributed by atoms with van der Waals surface area (Å²) < 4.78 is 1.97. The molecule has 0 fully saturated rings. The minimum Gasteiger partial charge on any atom is -0.370 e. The van der Waals surface area contributed by atoms with Crippen LogP contribution in [0.1, 0.15) is 19.0 Å². The fourth-order valence-electron chi connectivity index (χ4n) is 1.54. The first kappa shape index (κ1) is 14.7. The lowest BCUT2D eigenvalue weighted by atomic mass is 10.5. The van der Waals surface area contributed by atoms with Crippen molar-refractivity contribution in [1.82, 2.24) is 14.7 Å². The lowest BCUT2D eigenvalue weighted by Crippen LogP contribution is -2.32. The number of imidazole rings is 1. The number of halogens is 1. The quantitative estimate of drug-likeness (QED) is 0.497. The van der Waals surface area contributed by atoms with Crippen molar-refractivity contribution in [2.45, 2.75) is 19.9 Å². The molecule has 2 rings (SSSR count). The summed E-state index contributed by atoms with van der Waals surface area (Å²) in [6.45, 7) is 3.44. The number of fused-ring (bicyclic) bond motifs is 1. The molecule has 0 aliphatic rings. The topological polar surface area (TPSA) is 67.7 Å². The molecule has 3 N–H and O–H groups in total. The van der Waals surface area contributed by atoms with Gasteiger partial charge in [0, 0.05) is 18.9 Å². The van der Waals surface area contributed by atoms with E-state index in [0.717, 1.165) is 24.3 Å². The van der Waals surface area contributed by atoms with Crippen molar-refractivity contribution in [2.75, 3.05) is 6.54 Å². The van der Waals surface area contributed by atoms with E-state index in [9.17, 15) is 0 Å². The Morgan fingerprint density at radius 2 is 2.33 bits per heavy atom. The van der Waals surface area contributed by atoms with Crippen LogP contribution in [0.3, 0.4) is 0 Å². The third-order valence-corrected chi connectivity index (χ3v) is 2.38. The number of guanidine groups is 1. The van der Waals surface area contributed by atoms with Gasteiger partial charge in [-0.2, -0.15) is 0 Å². The maximum atomic E-state index is 5.71. The van der Waals surface area contributed by atoms with Gasteiger partial charge in [-0.3, -0.25) is 0 Å². The summed E-state index contributed by atoms with van der Waals surface area (Å²) in [6.07, 6.45) is 4.96. The standard InChI is InChI=1S/C12H17N5.HI/c1-2-6-14-12(13)15-8-10-9-17-7-4-3-5-11(17)16-10;/h3-5,7,9H,2,6,8H2,1H3,(H3,13,14,15);1H.